The van der Waals surface area contributed by atoms with Gasteiger partial charge in [0.2, 0.25) is 5.91 Å². The average molecular weight is 286 g/mol. The van der Waals surface area contributed by atoms with Gasteiger partial charge in [-0.15, -0.1) is 0 Å². The van der Waals surface area contributed by atoms with E-state index in [0.29, 0.717) is 23.9 Å². The Labute approximate surface area is 116 Å². The summed E-state index contributed by atoms with van der Waals surface area (Å²) in [6.45, 7) is 1.94. The van der Waals surface area contributed by atoms with Crippen molar-refractivity contribution >= 4 is 23.3 Å². The Balaban J connectivity index is 2.34. The average Bonchev–Trinajstić information content (AvgIpc) is 2.47. The summed E-state index contributed by atoms with van der Waals surface area (Å²) in [4.78, 5) is 21.9. The number of piperazine rings is 1. The lowest BCUT2D eigenvalue weighted by atomic mass is 10.1. The lowest BCUT2D eigenvalue weighted by Gasteiger charge is -2.36. The number of hydrogen-bond acceptors (Lipinski definition) is 6. The summed E-state index contributed by atoms with van der Waals surface area (Å²) in [5.41, 5.74) is 0. The maximum Gasteiger partial charge on any atom is 0.318 e. The van der Waals surface area contributed by atoms with Gasteiger partial charge in [0.05, 0.1) is 13.3 Å². The Morgan fingerprint density at radius 3 is 3.16 bits per heavy atom. The van der Waals surface area contributed by atoms with Crippen molar-refractivity contribution in [2.75, 3.05) is 38.7 Å². The van der Waals surface area contributed by atoms with E-state index in [1.165, 1.54) is 13.3 Å². The van der Waals surface area contributed by atoms with Crippen molar-refractivity contribution in [3.8, 4) is 6.01 Å². The van der Waals surface area contributed by atoms with Gasteiger partial charge >= 0.3 is 6.01 Å². The van der Waals surface area contributed by atoms with Crippen molar-refractivity contribution in [3.05, 3.63) is 11.2 Å². The second kappa shape index (κ2) is 6.03. The first-order valence-electron chi connectivity index (χ1n) is 5.93. The Morgan fingerprint density at radius 2 is 2.47 bits per heavy atom. The Hall–Kier alpha value is -1.60. The normalized spacial score (nSPS) is 19.1. The van der Waals surface area contributed by atoms with Crippen LogP contribution in [0.25, 0.3) is 0 Å². The van der Waals surface area contributed by atoms with Crippen LogP contribution in [0.4, 0.5) is 5.82 Å². The molecule has 1 aromatic heterocycles. The number of nitrogens with one attached hydrogen (secondary N) is 2. The van der Waals surface area contributed by atoms with Crippen LogP contribution in [0.15, 0.2) is 6.20 Å². The lowest BCUT2D eigenvalue weighted by Crippen LogP contribution is -2.58. The van der Waals surface area contributed by atoms with Gasteiger partial charge in [-0.05, 0) is 0 Å². The molecule has 1 saturated heterocycles. The second-order valence-electron chi connectivity index (χ2n) is 4.06. The molecule has 104 valence electrons. The van der Waals surface area contributed by atoms with Gasteiger partial charge in [-0.2, -0.15) is 4.98 Å². The first-order chi connectivity index (χ1) is 9.17. The van der Waals surface area contributed by atoms with Crippen LogP contribution in [0, 0.1) is 0 Å². The summed E-state index contributed by atoms with van der Waals surface area (Å²) < 4.78 is 5.00. The summed E-state index contributed by atoms with van der Waals surface area (Å²) in [5.74, 6) is 0.435. The first-order valence-corrected chi connectivity index (χ1v) is 6.30. The minimum atomic E-state index is -0.351. The topological polar surface area (TPSA) is 79.4 Å². The van der Waals surface area contributed by atoms with E-state index in [1.807, 2.05) is 4.90 Å². The van der Waals surface area contributed by atoms with Gasteiger partial charge in [-0.3, -0.25) is 4.79 Å². The number of amides is 1. The third kappa shape index (κ3) is 2.87. The molecule has 1 unspecified atom stereocenters. The highest BCUT2D eigenvalue weighted by atomic mass is 35.5. The van der Waals surface area contributed by atoms with Crippen molar-refractivity contribution in [2.24, 2.45) is 0 Å². The SMILES string of the molecule is CNC(=O)C1CNCCN1c1nc(OC)ncc1Cl. The van der Waals surface area contributed by atoms with E-state index in [-0.39, 0.29) is 18.0 Å². The summed E-state index contributed by atoms with van der Waals surface area (Å²) in [5, 5.41) is 6.22. The van der Waals surface area contributed by atoms with E-state index < -0.39 is 0 Å². The van der Waals surface area contributed by atoms with Crippen LogP contribution < -0.4 is 20.3 Å². The van der Waals surface area contributed by atoms with Crippen LogP contribution in [-0.4, -0.2) is 55.7 Å². The molecule has 19 heavy (non-hydrogen) atoms. The third-order valence-corrected chi connectivity index (χ3v) is 3.22. The van der Waals surface area contributed by atoms with Gasteiger partial charge in [0.1, 0.15) is 11.1 Å². The van der Waals surface area contributed by atoms with E-state index in [0.717, 1.165) is 6.54 Å². The van der Waals surface area contributed by atoms with E-state index in [4.69, 9.17) is 16.3 Å². The quantitative estimate of drug-likeness (QED) is 0.791. The minimum Gasteiger partial charge on any atom is -0.467 e. The molecule has 1 aliphatic rings. The van der Waals surface area contributed by atoms with Gasteiger partial charge in [0.15, 0.2) is 5.82 Å². The molecule has 0 bridgehead atoms. The number of halogens is 1. The largest absolute Gasteiger partial charge is 0.467 e. The number of aromatic nitrogens is 2. The molecule has 0 spiro atoms. The highest BCUT2D eigenvalue weighted by Crippen LogP contribution is 2.26. The molecule has 8 heteroatoms. The molecule has 0 saturated carbocycles. The molecule has 0 radical (unpaired) electrons. The number of carbonyl (C=O) groups excluding carboxylic acids is 1. The highest BCUT2D eigenvalue weighted by Gasteiger charge is 2.30. The number of carbonyl (C=O) groups is 1. The van der Waals surface area contributed by atoms with E-state index in [2.05, 4.69) is 20.6 Å². The highest BCUT2D eigenvalue weighted by molar-refractivity contribution is 6.32. The maximum atomic E-state index is 11.9. The Kier molecular flexibility index (Phi) is 4.39. The van der Waals surface area contributed by atoms with Gasteiger partial charge < -0.3 is 20.3 Å². The molecule has 2 N–H and O–H groups in total. The van der Waals surface area contributed by atoms with Gasteiger partial charge in [0.25, 0.3) is 0 Å². The van der Waals surface area contributed by atoms with Gasteiger partial charge in [-0.25, -0.2) is 4.98 Å². The monoisotopic (exact) mass is 285 g/mol. The van der Waals surface area contributed by atoms with Crippen LogP contribution in [-0.2, 0) is 4.79 Å². The van der Waals surface area contributed by atoms with Gasteiger partial charge in [0, 0.05) is 26.7 Å². The van der Waals surface area contributed by atoms with Crippen LogP contribution in [0.3, 0.4) is 0 Å². The summed E-state index contributed by atoms with van der Waals surface area (Å²) in [7, 11) is 3.10. The standard InChI is InChI=1S/C11H16ClN5O2/c1-13-10(18)8-6-14-3-4-17(8)9-7(12)5-15-11(16-9)19-2/h5,8,14H,3-4,6H2,1-2H3,(H,13,18). The molecule has 1 aliphatic heterocycles. The predicted octanol–water partition coefficient (Wildman–Crippen LogP) is -0.337. The molecule has 0 aromatic carbocycles. The van der Waals surface area contributed by atoms with Crippen LogP contribution in [0.1, 0.15) is 0 Å². The van der Waals surface area contributed by atoms with Crippen LogP contribution in [0.5, 0.6) is 6.01 Å². The Morgan fingerprint density at radius 1 is 1.68 bits per heavy atom. The molecular weight excluding hydrogens is 270 g/mol. The zero-order valence-corrected chi connectivity index (χ0v) is 11.6. The number of rotatable bonds is 3. The fraction of sp³-hybridized carbons (Fsp3) is 0.545. The van der Waals surface area contributed by atoms with E-state index in [9.17, 15) is 4.79 Å². The van der Waals surface area contributed by atoms with Crippen molar-refractivity contribution in [2.45, 2.75) is 6.04 Å². The number of nitrogens with zero attached hydrogens (tertiary/aromatic N) is 3. The number of ether oxygens (including phenoxy) is 1. The van der Waals surface area contributed by atoms with Crippen molar-refractivity contribution < 1.29 is 9.53 Å². The smallest absolute Gasteiger partial charge is 0.318 e. The molecule has 7 nitrogen and oxygen atoms in total. The number of anilines is 1. The fourth-order valence-corrected chi connectivity index (χ4v) is 2.20. The molecule has 1 fully saturated rings. The zero-order valence-electron chi connectivity index (χ0n) is 10.8. The number of hydrogen-bond donors (Lipinski definition) is 2. The third-order valence-electron chi connectivity index (χ3n) is 2.95. The molecule has 0 aliphatic carbocycles. The van der Waals surface area contributed by atoms with E-state index >= 15 is 0 Å². The predicted molar refractivity (Wildman–Crippen MR) is 71.7 cm³/mol. The number of likely N-dealkylation sites (N-methyl/N-ethyl adjacent to an activating group) is 1. The van der Waals surface area contributed by atoms with Crippen LogP contribution in [0.2, 0.25) is 5.02 Å². The molecular formula is C11H16ClN5O2. The molecule has 1 amide bonds. The second-order valence-corrected chi connectivity index (χ2v) is 4.46. The molecule has 2 rings (SSSR count). The van der Waals surface area contributed by atoms with Crippen molar-refractivity contribution in [3.63, 3.8) is 0 Å². The summed E-state index contributed by atoms with van der Waals surface area (Å²) >= 11 is 6.13. The van der Waals surface area contributed by atoms with E-state index in [1.54, 1.807) is 7.05 Å². The fourth-order valence-electron chi connectivity index (χ4n) is 2.00. The molecule has 1 atom stereocenters. The number of methoxy groups -OCH3 is 1. The maximum absolute atomic E-state index is 11.9. The van der Waals surface area contributed by atoms with Crippen molar-refractivity contribution in [1.82, 2.24) is 20.6 Å². The first kappa shape index (κ1) is 13.8. The molecule has 1 aromatic rings. The van der Waals surface area contributed by atoms with Crippen LogP contribution >= 0.6 is 11.6 Å². The minimum absolute atomic E-state index is 0.0826. The Bertz CT molecular complexity index is 470. The van der Waals surface area contributed by atoms with Gasteiger partial charge in [-0.1, -0.05) is 11.6 Å². The summed E-state index contributed by atoms with van der Waals surface area (Å²) in [6, 6.07) is -0.121. The zero-order chi connectivity index (χ0) is 13.8. The summed E-state index contributed by atoms with van der Waals surface area (Å²) in [6.07, 6.45) is 1.48. The molecule has 2 heterocycles. The van der Waals surface area contributed by atoms with Crippen molar-refractivity contribution in [1.29, 1.82) is 0 Å². The lowest BCUT2D eigenvalue weighted by molar-refractivity contribution is -0.122.